The van der Waals surface area contributed by atoms with Crippen molar-refractivity contribution in [3.8, 4) is 5.75 Å². The molecule has 4 N–H and O–H groups in total. The minimum absolute atomic E-state index is 0.0408. The number of nitrogens with one attached hydrogen (secondary N) is 1. The molecule has 10 nitrogen and oxygen atoms in total. The third-order valence-corrected chi connectivity index (χ3v) is 6.91. The molecule has 2 aromatic rings. The lowest BCUT2D eigenvalue weighted by Gasteiger charge is -2.23. The third-order valence-electron chi connectivity index (χ3n) is 5.17. The maximum atomic E-state index is 13.2. The van der Waals surface area contributed by atoms with Crippen LogP contribution in [0.15, 0.2) is 41.3 Å². The average Bonchev–Trinajstić information content (AvgIpc) is 2.87. The number of methoxy groups -OCH3 is 1. The van der Waals surface area contributed by atoms with Gasteiger partial charge < -0.3 is 20.9 Å². The number of anilines is 1. The molecule has 0 spiro atoms. The van der Waals surface area contributed by atoms with Crippen molar-refractivity contribution in [1.29, 1.82) is 0 Å². The molecule has 0 radical (unpaired) electrons. The monoisotopic (exact) mass is 461 g/mol. The number of benzene rings is 2. The van der Waals surface area contributed by atoms with Crippen LogP contribution in [-0.4, -0.2) is 55.8 Å². The molecular formula is C21H23N3O7S. The molecule has 11 heteroatoms. The van der Waals surface area contributed by atoms with Crippen LogP contribution in [0.25, 0.3) is 0 Å². The minimum atomic E-state index is -4.46. The second kappa shape index (κ2) is 8.87. The fourth-order valence-electron chi connectivity index (χ4n) is 3.51. The number of carboxylic acids is 1. The van der Waals surface area contributed by atoms with Crippen molar-refractivity contribution in [1.82, 2.24) is 9.62 Å². The Morgan fingerprint density at radius 2 is 1.97 bits per heavy atom. The van der Waals surface area contributed by atoms with Gasteiger partial charge in [-0.15, -0.1) is 0 Å². The number of amides is 2. The first kappa shape index (κ1) is 23.1. The van der Waals surface area contributed by atoms with Crippen LogP contribution >= 0.6 is 0 Å². The number of carboxylic acid groups (broad SMARTS) is 1. The SMILES string of the molecule is COc1ccc(C)cc1CC1CNC(=O)CN(S(=O)(=O)c2ccc(C(=O)O)c(N)c2)C1=O. The van der Waals surface area contributed by atoms with E-state index in [1.54, 1.807) is 6.07 Å². The highest BCUT2D eigenvalue weighted by Gasteiger charge is 2.38. The number of carbonyl (C=O) groups is 3. The minimum Gasteiger partial charge on any atom is -0.496 e. The Morgan fingerprint density at radius 3 is 2.59 bits per heavy atom. The molecule has 2 amide bonds. The number of aryl methyl sites for hydroxylation is 1. The Kier molecular flexibility index (Phi) is 6.40. The van der Waals surface area contributed by atoms with Gasteiger partial charge in [-0.05, 0) is 43.2 Å². The van der Waals surface area contributed by atoms with E-state index in [1.165, 1.54) is 7.11 Å². The maximum Gasteiger partial charge on any atom is 0.337 e. The smallest absolute Gasteiger partial charge is 0.337 e. The normalized spacial score (nSPS) is 16.9. The van der Waals surface area contributed by atoms with Gasteiger partial charge in [0.05, 0.1) is 23.5 Å². The lowest BCUT2D eigenvalue weighted by atomic mass is 9.96. The van der Waals surface area contributed by atoms with Crippen LogP contribution < -0.4 is 15.8 Å². The lowest BCUT2D eigenvalue weighted by Crippen LogP contribution is -2.42. The van der Waals surface area contributed by atoms with Crippen molar-refractivity contribution in [2.24, 2.45) is 5.92 Å². The Hall–Kier alpha value is -3.60. The molecule has 0 aromatic heterocycles. The first-order valence-corrected chi connectivity index (χ1v) is 11.1. The molecule has 1 unspecified atom stereocenters. The molecule has 0 bridgehead atoms. The standard InChI is InChI=1S/C21H23N3O7S/c1-12-3-6-18(31-2)13(7-12)8-14-10-23-19(25)11-24(20(14)26)32(29,30)15-4-5-16(21(27)28)17(22)9-15/h3-7,9,14H,8,10-11,22H2,1-2H3,(H,23,25)(H,27,28). The molecule has 0 aliphatic carbocycles. The summed E-state index contributed by atoms with van der Waals surface area (Å²) in [6.07, 6.45) is 0.149. The molecule has 3 rings (SSSR count). The highest BCUT2D eigenvalue weighted by molar-refractivity contribution is 7.89. The Morgan fingerprint density at radius 1 is 1.25 bits per heavy atom. The van der Waals surface area contributed by atoms with Crippen molar-refractivity contribution in [2.45, 2.75) is 18.2 Å². The van der Waals surface area contributed by atoms with E-state index in [4.69, 9.17) is 15.6 Å². The average molecular weight is 461 g/mol. The number of sulfonamides is 1. The number of nitrogen functional groups attached to an aromatic ring is 1. The van der Waals surface area contributed by atoms with Crippen LogP contribution in [0.2, 0.25) is 0 Å². The summed E-state index contributed by atoms with van der Waals surface area (Å²) in [5.41, 5.74) is 6.77. The first-order chi connectivity index (χ1) is 15.0. The summed E-state index contributed by atoms with van der Waals surface area (Å²) >= 11 is 0. The Bertz CT molecular complexity index is 1190. The van der Waals surface area contributed by atoms with E-state index in [2.05, 4.69) is 5.32 Å². The predicted octanol–water partition coefficient (Wildman–Crippen LogP) is 0.790. The largest absolute Gasteiger partial charge is 0.496 e. The second-order valence-electron chi connectivity index (χ2n) is 7.42. The Balaban J connectivity index is 1.98. The first-order valence-electron chi connectivity index (χ1n) is 9.64. The summed E-state index contributed by atoms with van der Waals surface area (Å²) in [4.78, 5) is 36.2. The van der Waals surface area contributed by atoms with E-state index in [1.807, 2.05) is 19.1 Å². The number of nitrogens with two attached hydrogens (primary N) is 1. The van der Waals surface area contributed by atoms with Gasteiger partial charge in [-0.1, -0.05) is 17.7 Å². The molecule has 1 heterocycles. The topological polar surface area (TPSA) is 156 Å². The molecular weight excluding hydrogens is 438 g/mol. The zero-order chi connectivity index (χ0) is 23.6. The number of rotatable bonds is 6. The van der Waals surface area contributed by atoms with Crippen LogP contribution in [0.1, 0.15) is 21.5 Å². The predicted molar refractivity (Wildman–Crippen MR) is 115 cm³/mol. The van der Waals surface area contributed by atoms with E-state index in [0.717, 1.165) is 23.8 Å². The second-order valence-corrected chi connectivity index (χ2v) is 9.29. The van der Waals surface area contributed by atoms with Crippen LogP contribution in [0.3, 0.4) is 0 Å². The Labute approximate surface area is 185 Å². The summed E-state index contributed by atoms with van der Waals surface area (Å²) in [5.74, 6) is -3.01. The van der Waals surface area contributed by atoms with Crippen molar-refractivity contribution >= 4 is 33.5 Å². The van der Waals surface area contributed by atoms with Gasteiger partial charge in [0, 0.05) is 12.2 Å². The molecule has 32 heavy (non-hydrogen) atoms. The summed E-state index contributed by atoms with van der Waals surface area (Å²) in [6, 6.07) is 8.50. The summed E-state index contributed by atoms with van der Waals surface area (Å²) in [5, 5.41) is 11.7. The number of aromatic carboxylic acids is 1. The summed E-state index contributed by atoms with van der Waals surface area (Å²) in [7, 11) is -2.97. The number of carbonyl (C=O) groups excluding carboxylic acids is 2. The quantitative estimate of drug-likeness (QED) is 0.533. The summed E-state index contributed by atoms with van der Waals surface area (Å²) in [6.45, 7) is 1.14. The molecule has 0 saturated carbocycles. The van der Waals surface area contributed by atoms with Crippen molar-refractivity contribution in [3.63, 3.8) is 0 Å². The van der Waals surface area contributed by atoms with E-state index in [9.17, 15) is 22.8 Å². The number of ether oxygens (including phenoxy) is 1. The summed E-state index contributed by atoms with van der Waals surface area (Å²) < 4.78 is 32.3. The van der Waals surface area contributed by atoms with Gasteiger partial charge in [0.15, 0.2) is 0 Å². The van der Waals surface area contributed by atoms with E-state index in [-0.39, 0.29) is 29.1 Å². The van der Waals surface area contributed by atoms with Crippen molar-refractivity contribution in [2.75, 3.05) is 25.9 Å². The lowest BCUT2D eigenvalue weighted by molar-refractivity contribution is -0.131. The van der Waals surface area contributed by atoms with E-state index in [0.29, 0.717) is 15.6 Å². The van der Waals surface area contributed by atoms with Gasteiger partial charge in [-0.3, -0.25) is 9.59 Å². The zero-order valence-electron chi connectivity index (χ0n) is 17.5. The van der Waals surface area contributed by atoms with Crippen molar-refractivity contribution < 1.29 is 32.6 Å². The molecule has 170 valence electrons. The van der Waals surface area contributed by atoms with Gasteiger partial charge in [0.2, 0.25) is 11.8 Å². The molecule has 1 saturated heterocycles. The van der Waals surface area contributed by atoms with Crippen LogP contribution in [0.4, 0.5) is 5.69 Å². The van der Waals surface area contributed by atoms with E-state index < -0.39 is 40.3 Å². The maximum absolute atomic E-state index is 13.2. The van der Waals surface area contributed by atoms with Crippen LogP contribution in [0.5, 0.6) is 5.75 Å². The highest BCUT2D eigenvalue weighted by atomic mass is 32.2. The van der Waals surface area contributed by atoms with E-state index >= 15 is 0 Å². The molecule has 1 atom stereocenters. The fourth-order valence-corrected chi connectivity index (χ4v) is 4.95. The molecule has 1 aliphatic rings. The number of hydrogen-bond acceptors (Lipinski definition) is 7. The van der Waals surface area contributed by atoms with Crippen LogP contribution in [-0.2, 0) is 26.0 Å². The number of hydrogen-bond donors (Lipinski definition) is 3. The van der Waals surface area contributed by atoms with Crippen molar-refractivity contribution in [3.05, 3.63) is 53.1 Å². The van der Waals surface area contributed by atoms with Gasteiger partial charge >= 0.3 is 5.97 Å². The highest BCUT2D eigenvalue weighted by Crippen LogP contribution is 2.27. The molecule has 1 fully saturated rings. The number of nitrogens with zero attached hydrogens (tertiary/aromatic N) is 1. The van der Waals surface area contributed by atoms with Gasteiger partial charge in [0.1, 0.15) is 12.3 Å². The van der Waals surface area contributed by atoms with Gasteiger partial charge in [-0.25, -0.2) is 17.5 Å². The zero-order valence-corrected chi connectivity index (χ0v) is 18.3. The van der Waals surface area contributed by atoms with Gasteiger partial charge in [-0.2, -0.15) is 0 Å². The van der Waals surface area contributed by atoms with Gasteiger partial charge in [0.25, 0.3) is 10.0 Å². The van der Waals surface area contributed by atoms with Crippen LogP contribution in [0, 0.1) is 12.8 Å². The molecule has 1 aliphatic heterocycles. The fraction of sp³-hybridized carbons (Fsp3) is 0.286. The third kappa shape index (κ3) is 4.52. The molecule has 2 aromatic carbocycles.